The van der Waals surface area contributed by atoms with Gasteiger partial charge in [-0.2, -0.15) is 0 Å². The highest BCUT2D eigenvalue weighted by Crippen LogP contribution is 2.38. The summed E-state index contributed by atoms with van der Waals surface area (Å²) in [7, 11) is 4.85. The molecule has 7 heteroatoms. The Hall–Kier alpha value is -0.763. The van der Waals surface area contributed by atoms with Gasteiger partial charge in [-0.25, -0.2) is 0 Å². The average Bonchev–Trinajstić information content (AvgIpc) is 2.66. The molecule has 0 aromatic heterocycles. The van der Waals surface area contributed by atoms with E-state index in [1.807, 2.05) is 0 Å². The third kappa shape index (κ3) is 2.15. The second-order valence-electron chi connectivity index (χ2n) is 4.21. The molecule has 2 atom stereocenters. The molecule has 1 heterocycles. The van der Waals surface area contributed by atoms with Crippen LogP contribution in [0.3, 0.4) is 0 Å². The summed E-state index contributed by atoms with van der Waals surface area (Å²) in [6.07, 6.45) is -0.00150. The van der Waals surface area contributed by atoms with E-state index in [0.717, 1.165) is 0 Å². The highest BCUT2D eigenvalue weighted by atomic mass is 28.1. The van der Waals surface area contributed by atoms with Crippen molar-refractivity contribution >= 4 is 22.2 Å². The van der Waals surface area contributed by atoms with Crippen LogP contribution in [0.25, 0.3) is 0 Å². The van der Waals surface area contributed by atoms with Crippen molar-refractivity contribution in [2.24, 2.45) is 5.92 Å². The minimum atomic E-state index is -1.09. The second-order valence-corrected chi connectivity index (χ2v) is 5.70. The van der Waals surface area contributed by atoms with Gasteiger partial charge in [0.1, 0.15) is 5.22 Å². The van der Waals surface area contributed by atoms with Gasteiger partial charge in [-0.3, -0.25) is 9.59 Å². The van der Waals surface area contributed by atoms with Crippen LogP contribution < -0.4 is 0 Å². The third-order valence-electron chi connectivity index (χ3n) is 3.64. The van der Waals surface area contributed by atoms with Gasteiger partial charge in [-0.15, -0.1) is 0 Å². The molecule has 1 saturated heterocycles. The first kappa shape index (κ1) is 14.3. The van der Waals surface area contributed by atoms with Gasteiger partial charge in [-0.1, -0.05) is 0 Å². The molecule has 0 N–H and O–H groups in total. The molecule has 1 aliphatic heterocycles. The van der Waals surface area contributed by atoms with Gasteiger partial charge in [0, 0.05) is 21.3 Å². The Bertz CT molecular complexity index is 327. The van der Waals surface area contributed by atoms with E-state index in [-0.39, 0.29) is 6.42 Å². The molecule has 0 bridgehead atoms. The number of methoxy groups -OCH3 is 3. The summed E-state index contributed by atoms with van der Waals surface area (Å²) >= 11 is 0. The van der Waals surface area contributed by atoms with E-state index in [2.05, 4.69) is 4.74 Å². The van der Waals surface area contributed by atoms with Crippen LogP contribution in [-0.4, -0.2) is 54.5 Å². The van der Waals surface area contributed by atoms with E-state index in [4.69, 9.17) is 14.2 Å². The number of esters is 2. The molecule has 2 unspecified atom stereocenters. The smallest absolute Gasteiger partial charge is 0.319 e. The molecule has 0 spiro atoms. The Balaban J connectivity index is 3.11. The lowest BCUT2D eigenvalue weighted by molar-refractivity contribution is -0.280. The maximum atomic E-state index is 11.7. The molecule has 0 saturated carbocycles. The number of carbonyl (C=O) groups is 2. The summed E-state index contributed by atoms with van der Waals surface area (Å²) < 4.78 is 20.6. The SMILES string of the molecule is COC(C)(OC)C([SiH3])(OC)C1CC(=O)OC1=O. The minimum Gasteiger partial charge on any atom is -0.393 e. The molecule has 1 fully saturated rings. The number of hydrogen-bond acceptors (Lipinski definition) is 6. The standard InChI is InChI=1S/C10H18O6Si/c1-9(13-2,14-3)10(17,15-4)6-5-7(11)16-8(6)12/h6H,5H2,1-4,17H3. The molecular formula is C10H18O6Si. The van der Waals surface area contributed by atoms with Gasteiger partial charge in [0.2, 0.25) is 0 Å². The van der Waals surface area contributed by atoms with Crippen molar-refractivity contribution in [1.82, 2.24) is 0 Å². The highest BCUT2D eigenvalue weighted by Gasteiger charge is 2.57. The van der Waals surface area contributed by atoms with Crippen LogP contribution in [0.5, 0.6) is 0 Å². The van der Waals surface area contributed by atoms with E-state index in [1.54, 1.807) is 6.92 Å². The summed E-state index contributed by atoms with van der Waals surface area (Å²) in [6.45, 7) is 1.68. The third-order valence-corrected chi connectivity index (χ3v) is 5.65. The van der Waals surface area contributed by atoms with Crippen molar-refractivity contribution in [1.29, 1.82) is 0 Å². The van der Waals surface area contributed by atoms with Crippen molar-refractivity contribution < 1.29 is 28.5 Å². The second kappa shape index (κ2) is 4.85. The summed E-state index contributed by atoms with van der Waals surface area (Å²) in [5.74, 6) is -2.89. The van der Waals surface area contributed by atoms with Crippen molar-refractivity contribution in [2.75, 3.05) is 21.3 Å². The van der Waals surface area contributed by atoms with Crippen LogP contribution in [0.4, 0.5) is 0 Å². The normalized spacial score (nSPS) is 24.8. The maximum absolute atomic E-state index is 11.7. The lowest BCUT2D eigenvalue weighted by atomic mass is 9.93. The predicted molar refractivity (Wildman–Crippen MR) is 61.3 cm³/mol. The molecule has 1 rings (SSSR count). The summed E-state index contributed by atoms with van der Waals surface area (Å²) in [6, 6.07) is 0. The largest absolute Gasteiger partial charge is 0.393 e. The Morgan fingerprint density at radius 3 is 2.06 bits per heavy atom. The number of hydrogen-bond donors (Lipinski definition) is 0. The zero-order valence-corrected chi connectivity index (χ0v) is 12.7. The Labute approximate surface area is 103 Å². The summed E-state index contributed by atoms with van der Waals surface area (Å²) in [4.78, 5) is 22.8. The number of cyclic esters (lactones) is 2. The van der Waals surface area contributed by atoms with Crippen LogP contribution in [-0.2, 0) is 28.5 Å². The molecule has 0 amide bonds. The molecule has 0 radical (unpaired) electrons. The monoisotopic (exact) mass is 262 g/mol. The molecule has 17 heavy (non-hydrogen) atoms. The molecule has 1 aliphatic rings. The van der Waals surface area contributed by atoms with Crippen LogP contribution in [0.15, 0.2) is 0 Å². The van der Waals surface area contributed by atoms with Crippen LogP contribution in [0.2, 0.25) is 0 Å². The fourth-order valence-electron chi connectivity index (χ4n) is 2.03. The summed E-state index contributed by atoms with van der Waals surface area (Å²) in [5, 5.41) is -0.972. The number of ether oxygens (including phenoxy) is 4. The molecule has 98 valence electrons. The van der Waals surface area contributed by atoms with Gasteiger partial charge in [-0.05, 0) is 6.92 Å². The van der Waals surface area contributed by atoms with Gasteiger partial charge in [0.15, 0.2) is 5.79 Å². The Morgan fingerprint density at radius 1 is 1.24 bits per heavy atom. The number of carbonyl (C=O) groups excluding carboxylic acids is 2. The van der Waals surface area contributed by atoms with Crippen molar-refractivity contribution in [2.45, 2.75) is 24.4 Å². The molecule has 0 aromatic rings. The van der Waals surface area contributed by atoms with Gasteiger partial charge < -0.3 is 18.9 Å². The lowest BCUT2D eigenvalue weighted by Crippen LogP contribution is -2.62. The van der Waals surface area contributed by atoms with Crippen LogP contribution >= 0.6 is 0 Å². The Morgan fingerprint density at radius 2 is 1.76 bits per heavy atom. The molecule has 0 aromatic carbocycles. The van der Waals surface area contributed by atoms with Gasteiger partial charge in [0.25, 0.3) is 0 Å². The Kier molecular flexibility index (Phi) is 4.08. The zero-order chi connectivity index (χ0) is 13.3. The van der Waals surface area contributed by atoms with E-state index in [0.29, 0.717) is 10.2 Å². The fourth-order valence-corrected chi connectivity index (χ4v) is 2.88. The fraction of sp³-hybridized carbons (Fsp3) is 0.800. The van der Waals surface area contributed by atoms with Crippen molar-refractivity contribution in [3.63, 3.8) is 0 Å². The highest BCUT2D eigenvalue weighted by molar-refractivity contribution is 6.18. The van der Waals surface area contributed by atoms with Gasteiger partial charge in [0.05, 0.1) is 22.6 Å². The predicted octanol–water partition coefficient (Wildman–Crippen LogP) is -1.21. The van der Waals surface area contributed by atoms with E-state index >= 15 is 0 Å². The minimum absolute atomic E-state index is 0.00150. The van der Waals surface area contributed by atoms with E-state index < -0.39 is 28.9 Å². The van der Waals surface area contributed by atoms with E-state index in [9.17, 15) is 9.59 Å². The first-order valence-corrected chi connectivity index (χ1v) is 6.24. The van der Waals surface area contributed by atoms with Crippen molar-refractivity contribution in [3.8, 4) is 0 Å². The topological polar surface area (TPSA) is 71.1 Å². The zero-order valence-electron chi connectivity index (χ0n) is 10.7. The molecular weight excluding hydrogens is 244 g/mol. The van der Waals surface area contributed by atoms with E-state index in [1.165, 1.54) is 21.3 Å². The van der Waals surface area contributed by atoms with Crippen LogP contribution in [0, 0.1) is 5.92 Å². The first-order valence-electron chi connectivity index (χ1n) is 5.24. The summed E-state index contributed by atoms with van der Waals surface area (Å²) in [5.41, 5.74) is 0. The lowest BCUT2D eigenvalue weighted by Gasteiger charge is -2.45. The first-order chi connectivity index (χ1) is 7.84. The van der Waals surface area contributed by atoms with Crippen molar-refractivity contribution in [3.05, 3.63) is 0 Å². The van der Waals surface area contributed by atoms with Gasteiger partial charge >= 0.3 is 11.9 Å². The molecule has 0 aliphatic carbocycles. The maximum Gasteiger partial charge on any atom is 0.319 e. The quantitative estimate of drug-likeness (QED) is 0.268. The molecule has 6 nitrogen and oxygen atoms in total. The average molecular weight is 262 g/mol. The van der Waals surface area contributed by atoms with Crippen LogP contribution in [0.1, 0.15) is 13.3 Å². The number of rotatable bonds is 5.